The largest absolute Gasteiger partial charge is 0.352 e. The molecule has 3 aromatic heterocycles. The Balaban J connectivity index is 1.76. The first kappa shape index (κ1) is 16.3. The average Bonchev–Trinajstić information content (AvgIpc) is 3.22. The highest BCUT2D eigenvalue weighted by Crippen LogP contribution is 2.29. The van der Waals surface area contributed by atoms with E-state index in [9.17, 15) is 4.79 Å². The van der Waals surface area contributed by atoms with Gasteiger partial charge in [0, 0.05) is 17.8 Å². The first-order chi connectivity index (χ1) is 12.3. The number of pyridine rings is 1. The summed E-state index contributed by atoms with van der Waals surface area (Å²) in [6.07, 6.45) is 0. The van der Waals surface area contributed by atoms with Crippen LogP contribution < -0.4 is 4.90 Å². The van der Waals surface area contributed by atoms with E-state index in [0.29, 0.717) is 5.82 Å². The highest BCUT2D eigenvalue weighted by molar-refractivity contribution is 5.98. The van der Waals surface area contributed by atoms with Gasteiger partial charge < -0.3 is 4.98 Å². The molecule has 26 heavy (non-hydrogen) atoms. The second-order valence-electron chi connectivity index (χ2n) is 7.52. The fourth-order valence-corrected chi connectivity index (χ4v) is 3.09. The van der Waals surface area contributed by atoms with Crippen LogP contribution in [0.1, 0.15) is 20.8 Å². The smallest absolute Gasteiger partial charge is 0.233 e. The molecule has 1 amide bonds. The van der Waals surface area contributed by atoms with Gasteiger partial charge in [-0.05, 0) is 24.3 Å². The van der Waals surface area contributed by atoms with Gasteiger partial charge in [-0.3, -0.25) is 14.8 Å². The van der Waals surface area contributed by atoms with Crippen LogP contribution in [0.25, 0.3) is 33.3 Å². The van der Waals surface area contributed by atoms with Crippen LogP contribution in [0.4, 0.5) is 5.82 Å². The summed E-state index contributed by atoms with van der Waals surface area (Å²) in [5, 5.41) is 8.53. The molecule has 0 spiro atoms. The zero-order valence-electron chi connectivity index (χ0n) is 15.3. The molecular weight excluding hydrogens is 326 g/mol. The van der Waals surface area contributed by atoms with Crippen molar-refractivity contribution in [2.75, 3.05) is 11.9 Å². The van der Waals surface area contributed by atoms with Crippen LogP contribution in [-0.4, -0.2) is 33.1 Å². The minimum Gasteiger partial charge on any atom is -0.352 e. The van der Waals surface area contributed by atoms with Gasteiger partial charge in [0.05, 0.1) is 22.2 Å². The number of aromatic nitrogens is 4. The molecule has 0 saturated heterocycles. The fraction of sp³-hybridized carbons (Fsp3) is 0.250. The van der Waals surface area contributed by atoms with E-state index in [2.05, 4.69) is 20.2 Å². The van der Waals surface area contributed by atoms with Crippen LogP contribution >= 0.6 is 0 Å². The molecule has 4 aromatic rings. The lowest BCUT2D eigenvalue weighted by atomic mass is 9.95. The molecule has 0 saturated carbocycles. The van der Waals surface area contributed by atoms with Crippen LogP contribution in [-0.2, 0) is 4.79 Å². The SMILES string of the molecule is CN(C(=O)C(C)(C)C)c1ccc2[nH]c(-c3n[nH]c4ccccc34)cc2n1. The molecule has 0 bridgehead atoms. The lowest BCUT2D eigenvalue weighted by Gasteiger charge is -2.25. The third-order valence-electron chi connectivity index (χ3n) is 4.48. The Morgan fingerprint density at radius 1 is 1.08 bits per heavy atom. The molecule has 132 valence electrons. The molecule has 2 N–H and O–H groups in total. The van der Waals surface area contributed by atoms with E-state index in [-0.39, 0.29) is 5.91 Å². The van der Waals surface area contributed by atoms with E-state index < -0.39 is 5.41 Å². The number of nitrogens with one attached hydrogen (secondary N) is 2. The van der Waals surface area contributed by atoms with E-state index in [0.717, 1.165) is 33.3 Å². The zero-order valence-corrected chi connectivity index (χ0v) is 15.3. The number of fused-ring (bicyclic) bond motifs is 2. The lowest BCUT2D eigenvalue weighted by Crippen LogP contribution is -2.37. The summed E-state index contributed by atoms with van der Waals surface area (Å²) in [5.74, 6) is 0.660. The number of nitrogens with zero attached hydrogens (tertiary/aromatic N) is 3. The van der Waals surface area contributed by atoms with Crippen LogP contribution in [0.15, 0.2) is 42.5 Å². The van der Waals surface area contributed by atoms with Crippen molar-refractivity contribution in [2.45, 2.75) is 20.8 Å². The summed E-state index contributed by atoms with van der Waals surface area (Å²) >= 11 is 0. The predicted octanol–water partition coefficient (Wildman–Crippen LogP) is 4.12. The number of anilines is 1. The molecule has 0 aliphatic heterocycles. The van der Waals surface area contributed by atoms with Gasteiger partial charge in [-0.1, -0.05) is 39.0 Å². The molecular formula is C20H21N5O. The number of hydrogen-bond donors (Lipinski definition) is 2. The Bertz CT molecular complexity index is 1120. The highest BCUT2D eigenvalue weighted by atomic mass is 16.2. The number of carbonyl (C=O) groups excluding carboxylic acids is 1. The summed E-state index contributed by atoms with van der Waals surface area (Å²) in [7, 11) is 1.76. The maximum atomic E-state index is 12.5. The van der Waals surface area contributed by atoms with Crippen molar-refractivity contribution in [3.05, 3.63) is 42.5 Å². The van der Waals surface area contributed by atoms with Crippen LogP contribution in [0.3, 0.4) is 0 Å². The Morgan fingerprint density at radius 2 is 1.85 bits per heavy atom. The number of rotatable bonds is 2. The predicted molar refractivity (Wildman–Crippen MR) is 104 cm³/mol. The second kappa shape index (κ2) is 5.69. The van der Waals surface area contributed by atoms with Crippen LogP contribution in [0.2, 0.25) is 0 Å². The molecule has 0 unspecified atom stereocenters. The quantitative estimate of drug-likeness (QED) is 0.573. The molecule has 6 heteroatoms. The number of H-pyrrole nitrogens is 2. The molecule has 0 radical (unpaired) electrons. The standard InChI is InChI=1S/C20H21N5O/c1-20(2,3)19(26)25(4)17-10-9-14-15(22-17)11-16(21-14)18-12-7-5-6-8-13(12)23-24-18/h5-11,21H,1-4H3,(H,23,24). The van der Waals surface area contributed by atoms with E-state index >= 15 is 0 Å². The summed E-state index contributed by atoms with van der Waals surface area (Å²) in [6, 6.07) is 13.8. The number of hydrogen-bond acceptors (Lipinski definition) is 3. The van der Waals surface area contributed by atoms with Gasteiger partial charge >= 0.3 is 0 Å². The molecule has 6 nitrogen and oxygen atoms in total. The zero-order chi connectivity index (χ0) is 18.5. The minimum atomic E-state index is -0.456. The van der Waals surface area contributed by atoms with E-state index in [1.54, 1.807) is 11.9 Å². The topological polar surface area (TPSA) is 77.7 Å². The number of benzene rings is 1. The molecule has 1 aromatic carbocycles. The van der Waals surface area contributed by atoms with Gasteiger partial charge in [-0.25, -0.2) is 4.98 Å². The van der Waals surface area contributed by atoms with Crippen molar-refractivity contribution in [1.82, 2.24) is 20.2 Å². The van der Waals surface area contributed by atoms with Crippen molar-refractivity contribution in [3.8, 4) is 11.4 Å². The Hall–Kier alpha value is -3.15. The first-order valence-corrected chi connectivity index (χ1v) is 8.56. The van der Waals surface area contributed by atoms with Gasteiger partial charge in [-0.2, -0.15) is 5.10 Å². The Kier molecular flexibility index (Phi) is 3.57. The van der Waals surface area contributed by atoms with E-state index in [1.165, 1.54) is 0 Å². The van der Waals surface area contributed by atoms with Crippen molar-refractivity contribution in [2.24, 2.45) is 5.41 Å². The molecule has 4 rings (SSSR count). The van der Waals surface area contributed by atoms with Gasteiger partial charge in [0.25, 0.3) is 0 Å². The molecule has 0 fully saturated rings. The van der Waals surface area contributed by atoms with Crippen molar-refractivity contribution < 1.29 is 4.79 Å². The molecule has 0 atom stereocenters. The van der Waals surface area contributed by atoms with E-state index in [4.69, 9.17) is 0 Å². The van der Waals surface area contributed by atoms with Gasteiger partial charge in [-0.15, -0.1) is 0 Å². The summed E-state index contributed by atoms with van der Waals surface area (Å²) in [5.41, 5.74) is 4.00. The number of aromatic amines is 2. The third kappa shape index (κ3) is 2.63. The van der Waals surface area contributed by atoms with Gasteiger partial charge in [0.2, 0.25) is 5.91 Å². The van der Waals surface area contributed by atoms with Crippen molar-refractivity contribution >= 4 is 33.7 Å². The van der Waals surface area contributed by atoms with Gasteiger partial charge in [0.1, 0.15) is 11.5 Å². The Morgan fingerprint density at radius 3 is 2.62 bits per heavy atom. The average molecular weight is 347 g/mol. The lowest BCUT2D eigenvalue weighted by molar-refractivity contribution is -0.125. The van der Waals surface area contributed by atoms with Crippen LogP contribution in [0, 0.1) is 5.41 Å². The number of amides is 1. The minimum absolute atomic E-state index is 0.0263. The molecule has 3 heterocycles. The summed E-state index contributed by atoms with van der Waals surface area (Å²) < 4.78 is 0. The summed E-state index contributed by atoms with van der Waals surface area (Å²) in [6.45, 7) is 5.71. The van der Waals surface area contributed by atoms with Crippen LogP contribution in [0.5, 0.6) is 0 Å². The monoisotopic (exact) mass is 347 g/mol. The highest BCUT2D eigenvalue weighted by Gasteiger charge is 2.26. The number of carbonyl (C=O) groups is 1. The maximum Gasteiger partial charge on any atom is 0.233 e. The summed E-state index contributed by atoms with van der Waals surface area (Å²) in [4.78, 5) is 22.1. The fourth-order valence-electron chi connectivity index (χ4n) is 3.09. The van der Waals surface area contributed by atoms with Gasteiger partial charge in [0.15, 0.2) is 0 Å². The van der Waals surface area contributed by atoms with Crippen molar-refractivity contribution in [1.29, 1.82) is 0 Å². The Labute approximate surface area is 151 Å². The first-order valence-electron chi connectivity index (χ1n) is 8.56. The normalized spacial score (nSPS) is 12.0. The molecule has 0 aliphatic rings. The second-order valence-corrected chi connectivity index (χ2v) is 7.52. The van der Waals surface area contributed by atoms with E-state index in [1.807, 2.05) is 63.2 Å². The van der Waals surface area contributed by atoms with Crippen molar-refractivity contribution in [3.63, 3.8) is 0 Å². The number of para-hydroxylation sites is 1. The maximum absolute atomic E-state index is 12.5. The third-order valence-corrected chi connectivity index (χ3v) is 4.48. The molecule has 0 aliphatic carbocycles.